The number of halogens is 1. The summed E-state index contributed by atoms with van der Waals surface area (Å²) in [4.78, 5) is 23.1. The van der Waals surface area contributed by atoms with Crippen molar-refractivity contribution < 1.29 is 9.59 Å². The summed E-state index contributed by atoms with van der Waals surface area (Å²) in [5.41, 5.74) is 6.96. The molecule has 0 heterocycles. The van der Waals surface area contributed by atoms with Gasteiger partial charge >= 0.3 is 0 Å². The summed E-state index contributed by atoms with van der Waals surface area (Å²) in [5, 5.41) is 6.47. The number of primary amides is 1. The molecule has 5 nitrogen and oxygen atoms in total. The van der Waals surface area contributed by atoms with Gasteiger partial charge in [0.1, 0.15) is 6.04 Å². The van der Waals surface area contributed by atoms with Gasteiger partial charge in [-0.05, 0) is 55.5 Å². The highest BCUT2D eigenvalue weighted by Crippen LogP contribution is 2.15. The maximum absolute atomic E-state index is 12.1. The highest BCUT2D eigenvalue weighted by molar-refractivity contribution is 6.30. The Morgan fingerprint density at radius 2 is 1.55 bits per heavy atom. The zero-order valence-electron chi connectivity index (χ0n) is 12.0. The Morgan fingerprint density at radius 3 is 2.09 bits per heavy atom. The van der Waals surface area contributed by atoms with Crippen LogP contribution in [-0.2, 0) is 4.79 Å². The molecule has 2 rings (SSSR count). The lowest BCUT2D eigenvalue weighted by molar-refractivity contribution is -0.116. The summed E-state index contributed by atoms with van der Waals surface area (Å²) >= 11 is 5.81. The van der Waals surface area contributed by atoms with E-state index in [1.807, 2.05) is 0 Å². The van der Waals surface area contributed by atoms with E-state index in [1.165, 1.54) is 0 Å². The van der Waals surface area contributed by atoms with Gasteiger partial charge in [0.25, 0.3) is 0 Å². The average Bonchev–Trinajstić information content (AvgIpc) is 2.50. The molecule has 1 atom stereocenters. The van der Waals surface area contributed by atoms with Gasteiger partial charge in [-0.3, -0.25) is 9.59 Å². The van der Waals surface area contributed by atoms with Gasteiger partial charge in [-0.2, -0.15) is 0 Å². The minimum Gasteiger partial charge on any atom is -0.374 e. The normalized spacial score (nSPS) is 11.5. The highest BCUT2D eigenvalue weighted by Gasteiger charge is 2.13. The van der Waals surface area contributed by atoms with Gasteiger partial charge < -0.3 is 16.4 Å². The van der Waals surface area contributed by atoms with E-state index in [0.717, 1.165) is 5.69 Å². The molecule has 0 saturated carbocycles. The van der Waals surface area contributed by atoms with Gasteiger partial charge in [0.2, 0.25) is 11.8 Å². The predicted molar refractivity (Wildman–Crippen MR) is 88.1 cm³/mol. The molecule has 2 aromatic carbocycles. The first-order valence-electron chi connectivity index (χ1n) is 6.68. The number of anilines is 2. The summed E-state index contributed by atoms with van der Waals surface area (Å²) < 4.78 is 0. The van der Waals surface area contributed by atoms with Crippen molar-refractivity contribution in [2.75, 3.05) is 10.6 Å². The maximum atomic E-state index is 12.1. The molecule has 0 radical (unpaired) electrons. The predicted octanol–water partition coefficient (Wildman–Crippen LogP) is 2.88. The van der Waals surface area contributed by atoms with Gasteiger partial charge in [-0.15, -0.1) is 0 Å². The lowest BCUT2D eigenvalue weighted by atomic mass is 10.2. The quantitative estimate of drug-likeness (QED) is 0.792. The number of hydrogen-bond donors (Lipinski definition) is 3. The maximum Gasteiger partial charge on any atom is 0.248 e. The van der Waals surface area contributed by atoms with E-state index in [2.05, 4.69) is 10.6 Å². The van der Waals surface area contributed by atoms with Crippen LogP contribution in [0.4, 0.5) is 11.4 Å². The van der Waals surface area contributed by atoms with Crippen molar-refractivity contribution in [2.45, 2.75) is 13.0 Å². The molecule has 2 aromatic rings. The van der Waals surface area contributed by atoms with Gasteiger partial charge in [-0.25, -0.2) is 0 Å². The molecular weight excluding hydrogens is 302 g/mol. The Kier molecular flexibility index (Phi) is 5.01. The van der Waals surface area contributed by atoms with Crippen LogP contribution >= 0.6 is 11.6 Å². The largest absolute Gasteiger partial charge is 0.374 e. The van der Waals surface area contributed by atoms with E-state index in [0.29, 0.717) is 16.3 Å². The third-order valence-corrected chi connectivity index (χ3v) is 3.31. The zero-order valence-corrected chi connectivity index (χ0v) is 12.7. The Morgan fingerprint density at radius 1 is 1.00 bits per heavy atom. The zero-order chi connectivity index (χ0) is 16.1. The minimum atomic E-state index is -0.504. The van der Waals surface area contributed by atoms with E-state index < -0.39 is 11.9 Å². The summed E-state index contributed by atoms with van der Waals surface area (Å²) in [5.74, 6) is -0.697. The van der Waals surface area contributed by atoms with E-state index >= 15 is 0 Å². The van der Waals surface area contributed by atoms with E-state index in [-0.39, 0.29) is 5.91 Å². The second kappa shape index (κ2) is 6.95. The van der Waals surface area contributed by atoms with Crippen LogP contribution in [0.2, 0.25) is 5.02 Å². The molecule has 0 aliphatic rings. The van der Waals surface area contributed by atoms with Gasteiger partial charge in [0.05, 0.1) is 0 Å². The lowest BCUT2D eigenvalue weighted by Crippen LogP contribution is -2.31. The summed E-state index contributed by atoms with van der Waals surface area (Å²) in [6.07, 6.45) is 0. The third kappa shape index (κ3) is 4.23. The standard InChI is InChI=1S/C16H16ClN3O2/c1-10(19-13-8-4-12(17)5-9-13)16(22)20-14-6-2-11(3-7-14)15(18)21/h2-10,19H,1H3,(H2,18,21)(H,20,22)/t10-/m0/s1. The van der Waals surface area contributed by atoms with E-state index in [9.17, 15) is 9.59 Å². The first kappa shape index (κ1) is 15.9. The van der Waals surface area contributed by atoms with Crippen molar-refractivity contribution in [1.82, 2.24) is 0 Å². The number of nitrogens with one attached hydrogen (secondary N) is 2. The Balaban J connectivity index is 1.95. The van der Waals surface area contributed by atoms with Crippen LogP contribution in [0.15, 0.2) is 48.5 Å². The Labute approximate surface area is 133 Å². The van der Waals surface area contributed by atoms with E-state index in [1.54, 1.807) is 55.5 Å². The summed E-state index contributed by atoms with van der Waals surface area (Å²) in [6.45, 7) is 1.75. The molecule has 0 saturated heterocycles. The fraction of sp³-hybridized carbons (Fsp3) is 0.125. The lowest BCUT2D eigenvalue weighted by Gasteiger charge is -2.15. The Hall–Kier alpha value is -2.53. The van der Waals surface area contributed by atoms with Crippen LogP contribution in [0, 0.1) is 0 Å². The first-order valence-corrected chi connectivity index (χ1v) is 7.06. The number of nitrogens with two attached hydrogens (primary N) is 1. The molecule has 22 heavy (non-hydrogen) atoms. The molecule has 6 heteroatoms. The minimum absolute atomic E-state index is 0.193. The molecule has 0 unspecified atom stereocenters. The number of hydrogen-bond acceptors (Lipinski definition) is 3. The molecular formula is C16H16ClN3O2. The van der Waals surface area contributed by atoms with Crippen LogP contribution in [0.1, 0.15) is 17.3 Å². The fourth-order valence-electron chi connectivity index (χ4n) is 1.83. The van der Waals surface area contributed by atoms with Gasteiger partial charge in [0, 0.05) is 22.0 Å². The van der Waals surface area contributed by atoms with Crippen molar-refractivity contribution in [2.24, 2.45) is 5.73 Å². The van der Waals surface area contributed by atoms with Crippen molar-refractivity contribution in [3.8, 4) is 0 Å². The fourth-order valence-corrected chi connectivity index (χ4v) is 1.96. The summed E-state index contributed by atoms with van der Waals surface area (Å²) in [6, 6.07) is 13.1. The van der Waals surface area contributed by atoms with Crippen LogP contribution in [0.3, 0.4) is 0 Å². The second-order valence-electron chi connectivity index (χ2n) is 4.80. The summed E-state index contributed by atoms with van der Waals surface area (Å²) in [7, 11) is 0. The van der Waals surface area contributed by atoms with Crippen LogP contribution in [-0.4, -0.2) is 17.9 Å². The van der Waals surface area contributed by atoms with Crippen molar-refractivity contribution in [3.05, 3.63) is 59.1 Å². The van der Waals surface area contributed by atoms with Crippen LogP contribution in [0.25, 0.3) is 0 Å². The average molecular weight is 318 g/mol. The highest BCUT2D eigenvalue weighted by atomic mass is 35.5. The van der Waals surface area contributed by atoms with Crippen molar-refractivity contribution in [3.63, 3.8) is 0 Å². The van der Waals surface area contributed by atoms with Crippen LogP contribution < -0.4 is 16.4 Å². The number of amides is 2. The molecule has 4 N–H and O–H groups in total. The first-order chi connectivity index (χ1) is 10.5. The molecule has 0 aromatic heterocycles. The third-order valence-electron chi connectivity index (χ3n) is 3.06. The van der Waals surface area contributed by atoms with Crippen molar-refractivity contribution >= 4 is 34.8 Å². The second-order valence-corrected chi connectivity index (χ2v) is 5.24. The number of benzene rings is 2. The topological polar surface area (TPSA) is 84.2 Å². The van der Waals surface area contributed by atoms with Crippen LogP contribution in [0.5, 0.6) is 0 Å². The molecule has 0 spiro atoms. The number of rotatable bonds is 5. The van der Waals surface area contributed by atoms with Crippen molar-refractivity contribution in [1.29, 1.82) is 0 Å². The SMILES string of the molecule is C[C@H](Nc1ccc(Cl)cc1)C(=O)Nc1ccc(C(N)=O)cc1. The van der Waals surface area contributed by atoms with E-state index in [4.69, 9.17) is 17.3 Å². The number of carbonyl (C=O) groups is 2. The molecule has 0 fully saturated rings. The van der Waals surface area contributed by atoms with Gasteiger partial charge in [-0.1, -0.05) is 11.6 Å². The van der Waals surface area contributed by atoms with Gasteiger partial charge in [0.15, 0.2) is 0 Å². The number of carbonyl (C=O) groups excluding carboxylic acids is 2. The molecule has 0 aliphatic carbocycles. The Bertz CT molecular complexity index is 669. The molecule has 0 bridgehead atoms. The smallest absolute Gasteiger partial charge is 0.248 e. The molecule has 114 valence electrons. The molecule has 2 amide bonds. The molecule has 0 aliphatic heterocycles. The monoisotopic (exact) mass is 317 g/mol.